The molecule has 0 aromatic carbocycles. The summed E-state index contributed by atoms with van der Waals surface area (Å²) in [5.41, 5.74) is 0. The van der Waals surface area contributed by atoms with Crippen LogP contribution in [0, 0.1) is 5.82 Å². The SMILES string of the molecule is O=C(c1ccno1)N1CCCC(Oc2ncc(F)cn2)C1. The number of carbonyl (C=O) groups excluding carboxylic acids is 1. The van der Waals surface area contributed by atoms with Crippen molar-refractivity contribution in [3.8, 4) is 6.01 Å². The molecule has 1 saturated heterocycles. The van der Waals surface area contributed by atoms with Crippen LogP contribution in [0.1, 0.15) is 23.4 Å². The highest BCUT2D eigenvalue weighted by molar-refractivity contribution is 5.91. The van der Waals surface area contributed by atoms with Crippen molar-refractivity contribution in [3.05, 3.63) is 36.2 Å². The molecule has 0 radical (unpaired) electrons. The minimum Gasteiger partial charge on any atom is -0.458 e. The largest absolute Gasteiger partial charge is 0.458 e. The molecule has 1 aliphatic rings. The van der Waals surface area contributed by atoms with Crippen molar-refractivity contribution in [1.29, 1.82) is 0 Å². The van der Waals surface area contributed by atoms with Gasteiger partial charge in [0, 0.05) is 12.6 Å². The first-order chi connectivity index (χ1) is 10.2. The van der Waals surface area contributed by atoms with Crippen molar-refractivity contribution >= 4 is 5.91 Å². The highest BCUT2D eigenvalue weighted by Gasteiger charge is 2.27. The molecule has 0 aliphatic carbocycles. The minimum atomic E-state index is -0.520. The van der Waals surface area contributed by atoms with Crippen molar-refractivity contribution in [2.24, 2.45) is 0 Å². The highest BCUT2D eigenvalue weighted by atomic mass is 19.1. The summed E-state index contributed by atoms with van der Waals surface area (Å²) >= 11 is 0. The highest BCUT2D eigenvalue weighted by Crippen LogP contribution is 2.17. The first-order valence-electron chi connectivity index (χ1n) is 6.56. The minimum absolute atomic E-state index is 0.107. The van der Waals surface area contributed by atoms with Gasteiger partial charge in [-0.25, -0.2) is 14.4 Å². The molecular weight excluding hydrogens is 279 g/mol. The van der Waals surface area contributed by atoms with E-state index in [0.29, 0.717) is 13.1 Å². The lowest BCUT2D eigenvalue weighted by Crippen LogP contribution is -2.44. The van der Waals surface area contributed by atoms with Crippen LogP contribution in [0.5, 0.6) is 6.01 Å². The van der Waals surface area contributed by atoms with Crippen LogP contribution < -0.4 is 4.74 Å². The summed E-state index contributed by atoms with van der Waals surface area (Å²) in [5, 5.41) is 3.52. The van der Waals surface area contributed by atoms with Crippen LogP contribution in [0.25, 0.3) is 0 Å². The first-order valence-corrected chi connectivity index (χ1v) is 6.56. The van der Waals surface area contributed by atoms with Gasteiger partial charge in [0.1, 0.15) is 6.10 Å². The number of piperidine rings is 1. The van der Waals surface area contributed by atoms with Gasteiger partial charge in [-0.05, 0) is 12.8 Å². The molecule has 0 bridgehead atoms. The number of likely N-dealkylation sites (tertiary alicyclic amines) is 1. The van der Waals surface area contributed by atoms with E-state index in [1.54, 1.807) is 4.90 Å². The van der Waals surface area contributed by atoms with Gasteiger partial charge in [-0.3, -0.25) is 4.79 Å². The van der Waals surface area contributed by atoms with Crippen molar-refractivity contribution in [3.63, 3.8) is 0 Å². The van der Waals surface area contributed by atoms with E-state index in [0.717, 1.165) is 25.2 Å². The molecular formula is C13H13FN4O3. The number of ether oxygens (including phenoxy) is 1. The second-order valence-corrected chi connectivity index (χ2v) is 4.69. The topological polar surface area (TPSA) is 81.4 Å². The fourth-order valence-electron chi connectivity index (χ4n) is 2.21. The zero-order valence-corrected chi connectivity index (χ0v) is 11.1. The molecule has 2 aromatic rings. The molecule has 0 N–H and O–H groups in total. The van der Waals surface area contributed by atoms with Gasteiger partial charge in [-0.1, -0.05) is 5.16 Å². The van der Waals surface area contributed by atoms with E-state index in [-0.39, 0.29) is 23.8 Å². The fraction of sp³-hybridized carbons (Fsp3) is 0.385. The Hall–Kier alpha value is -2.51. The average Bonchev–Trinajstić information content (AvgIpc) is 3.03. The molecule has 21 heavy (non-hydrogen) atoms. The van der Waals surface area contributed by atoms with Gasteiger partial charge >= 0.3 is 6.01 Å². The van der Waals surface area contributed by atoms with E-state index in [2.05, 4.69) is 15.1 Å². The van der Waals surface area contributed by atoms with Gasteiger partial charge in [0.25, 0.3) is 5.91 Å². The van der Waals surface area contributed by atoms with E-state index >= 15 is 0 Å². The Morgan fingerprint density at radius 1 is 1.43 bits per heavy atom. The van der Waals surface area contributed by atoms with Gasteiger partial charge in [-0.15, -0.1) is 0 Å². The lowest BCUT2D eigenvalue weighted by atomic mass is 10.1. The third-order valence-electron chi connectivity index (χ3n) is 3.18. The maximum Gasteiger partial charge on any atom is 0.316 e. The molecule has 8 heteroatoms. The molecule has 1 fully saturated rings. The van der Waals surface area contributed by atoms with Crippen LogP contribution in [0.4, 0.5) is 4.39 Å². The summed E-state index contributed by atoms with van der Waals surface area (Å²) in [4.78, 5) is 21.3. The Morgan fingerprint density at radius 3 is 2.95 bits per heavy atom. The molecule has 110 valence electrons. The molecule has 1 amide bonds. The molecule has 3 rings (SSSR count). The van der Waals surface area contributed by atoms with Crippen LogP contribution in [-0.4, -0.2) is 45.1 Å². The maximum atomic E-state index is 12.7. The molecule has 1 unspecified atom stereocenters. The van der Waals surface area contributed by atoms with E-state index in [1.807, 2.05) is 0 Å². The van der Waals surface area contributed by atoms with Crippen molar-refractivity contribution < 1.29 is 18.4 Å². The van der Waals surface area contributed by atoms with Gasteiger partial charge in [0.05, 0.1) is 25.1 Å². The Bertz CT molecular complexity index is 602. The van der Waals surface area contributed by atoms with Crippen LogP contribution in [-0.2, 0) is 0 Å². The average molecular weight is 292 g/mol. The summed E-state index contributed by atoms with van der Waals surface area (Å²) in [7, 11) is 0. The third kappa shape index (κ3) is 3.15. The van der Waals surface area contributed by atoms with E-state index in [1.165, 1.54) is 12.3 Å². The van der Waals surface area contributed by atoms with Crippen LogP contribution in [0.15, 0.2) is 29.2 Å². The fourth-order valence-corrected chi connectivity index (χ4v) is 2.21. The van der Waals surface area contributed by atoms with Crippen LogP contribution in [0.2, 0.25) is 0 Å². The van der Waals surface area contributed by atoms with Crippen LogP contribution in [0.3, 0.4) is 0 Å². The molecule has 0 saturated carbocycles. The third-order valence-corrected chi connectivity index (χ3v) is 3.18. The predicted octanol–water partition coefficient (Wildman–Crippen LogP) is 1.29. The molecule has 7 nitrogen and oxygen atoms in total. The number of rotatable bonds is 3. The molecule has 2 aromatic heterocycles. The summed E-state index contributed by atoms with van der Waals surface area (Å²) in [6.45, 7) is 1.03. The number of aromatic nitrogens is 3. The number of carbonyl (C=O) groups is 1. The molecule has 1 atom stereocenters. The standard InChI is InChI=1S/C13H13FN4O3/c14-9-6-15-13(16-7-9)20-10-2-1-5-18(8-10)12(19)11-3-4-17-21-11/h3-4,6-7,10H,1-2,5,8H2. The van der Waals surface area contributed by atoms with Gasteiger partial charge in [-0.2, -0.15) is 0 Å². The van der Waals surface area contributed by atoms with Gasteiger partial charge < -0.3 is 14.2 Å². The summed E-state index contributed by atoms with van der Waals surface area (Å²) < 4.78 is 23.2. The van der Waals surface area contributed by atoms with Gasteiger partial charge in [0.2, 0.25) is 5.76 Å². The first kappa shape index (κ1) is 13.5. The Labute approximate surface area is 119 Å². The molecule has 0 spiro atoms. The number of halogens is 1. The van der Waals surface area contributed by atoms with E-state index in [9.17, 15) is 9.18 Å². The smallest absolute Gasteiger partial charge is 0.316 e. The van der Waals surface area contributed by atoms with Crippen molar-refractivity contribution in [2.45, 2.75) is 18.9 Å². The Kier molecular flexibility index (Phi) is 3.76. The van der Waals surface area contributed by atoms with Crippen LogP contribution >= 0.6 is 0 Å². The normalized spacial score (nSPS) is 18.5. The van der Waals surface area contributed by atoms with Gasteiger partial charge in [0.15, 0.2) is 5.82 Å². The van der Waals surface area contributed by atoms with Crippen molar-refractivity contribution in [2.75, 3.05) is 13.1 Å². The second kappa shape index (κ2) is 5.86. The lowest BCUT2D eigenvalue weighted by molar-refractivity contribution is 0.0481. The van der Waals surface area contributed by atoms with E-state index in [4.69, 9.17) is 9.26 Å². The summed E-state index contributed by atoms with van der Waals surface area (Å²) in [6, 6.07) is 1.63. The van der Waals surface area contributed by atoms with Crippen molar-refractivity contribution in [1.82, 2.24) is 20.0 Å². The quantitative estimate of drug-likeness (QED) is 0.847. The zero-order chi connectivity index (χ0) is 14.7. The number of hydrogen-bond donors (Lipinski definition) is 0. The Balaban J connectivity index is 1.63. The predicted molar refractivity (Wildman–Crippen MR) is 68.0 cm³/mol. The number of amides is 1. The molecule has 1 aliphatic heterocycles. The second-order valence-electron chi connectivity index (χ2n) is 4.69. The number of nitrogens with zero attached hydrogens (tertiary/aromatic N) is 4. The molecule has 3 heterocycles. The monoisotopic (exact) mass is 292 g/mol. The summed E-state index contributed by atoms with van der Waals surface area (Å²) in [6.07, 6.45) is 4.87. The Morgan fingerprint density at radius 2 is 2.24 bits per heavy atom. The maximum absolute atomic E-state index is 12.7. The number of hydrogen-bond acceptors (Lipinski definition) is 6. The van der Waals surface area contributed by atoms with E-state index < -0.39 is 5.82 Å². The summed E-state index contributed by atoms with van der Waals surface area (Å²) in [5.74, 6) is -0.539. The zero-order valence-electron chi connectivity index (χ0n) is 11.1. The lowest BCUT2D eigenvalue weighted by Gasteiger charge is -2.31.